The van der Waals surface area contributed by atoms with Crippen LogP contribution in [0.1, 0.15) is 4.88 Å². The lowest BCUT2D eigenvalue weighted by Gasteiger charge is -1.97. The number of carbonyl (C=O) groups is 1. The predicted molar refractivity (Wildman–Crippen MR) is 114 cm³/mol. The molecule has 2 aromatic carbocycles. The van der Waals surface area contributed by atoms with Crippen molar-refractivity contribution < 1.29 is 9.90 Å². The summed E-state index contributed by atoms with van der Waals surface area (Å²) in [5, 5.41) is 13.3. The molecule has 1 aliphatic rings. The van der Waals surface area contributed by atoms with Gasteiger partial charge in [-0.15, -0.1) is 11.3 Å². The van der Waals surface area contributed by atoms with Gasteiger partial charge in [0.2, 0.25) is 0 Å². The number of thioether (sulfide) groups is 1. The van der Waals surface area contributed by atoms with Crippen molar-refractivity contribution in [3.05, 3.63) is 75.5 Å². The molecule has 0 aliphatic carbocycles. The third-order valence-electron chi connectivity index (χ3n) is 3.74. The molecule has 1 aromatic heterocycles. The van der Waals surface area contributed by atoms with E-state index >= 15 is 0 Å². The Hall–Kier alpha value is -2.54. The summed E-state index contributed by atoms with van der Waals surface area (Å²) in [4.78, 5) is 19.3. The summed E-state index contributed by atoms with van der Waals surface area (Å²) in [7, 11) is 0. The number of nitrogens with one attached hydrogen (secondary N) is 1. The van der Waals surface area contributed by atoms with Crippen LogP contribution < -0.4 is 5.32 Å². The highest BCUT2D eigenvalue weighted by Gasteiger charge is 2.24. The third kappa shape index (κ3) is 4.24. The summed E-state index contributed by atoms with van der Waals surface area (Å²) in [6.07, 6.45) is 1.86. The molecule has 134 valence electrons. The van der Waals surface area contributed by atoms with E-state index < -0.39 is 0 Å². The average Bonchev–Trinajstić information content (AvgIpc) is 3.24. The summed E-state index contributed by atoms with van der Waals surface area (Å²) in [5.74, 6) is 0.00563. The molecule has 2 N–H and O–H groups in total. The first-order chi connectivity index (χ1) is 13.1. The van der Waals surface area contributed by atoms with Crippen LogP contribution >= 0.6 is 34.7 Å². The van der Waals surface area contributed by atoms with E-state index in [1.807, 2.05) is 42.5 Å². The van der Waals surface area contributed by atoms with Crippen LogP contribution in [0.2, 0.25) is 5.02 Å². The fraction of sp³-hybridized carbons (Fsp3) is 0. The second-order valence-electron chi connectivity index (χ2n) is 5.71. The number of carbonyl (C=O) groups excluding carboxylic acids is 1. The Morgan fingerprint density at radius 3 is 2.67 bits per heavy atom. The van der Waals surface area contributed by atoms with Gasteiger partial charge in [-0.25, -0.2) is 4.99 Å². The molecule has 0 bridgehead atoms. The Morgan fingerprint density at radius 2 is 1.89 bits per heavy atom. The number of phenols is 1. The van der Waals surface area contributed by atoms with Gasteiger partial charge in [0.25, 0.3) is 5.91 Å². The van der Waals surface area contributed by atoms with E-state index in [0.29, 0.717) is 20.8 Å². The Bertz CT molecular complexity index is 1070. The van der Waals surface area contributed by atoms with Crippen LogP contribution in [0.25, 0.3) is 16.5 Å². The molecule has 1 aliphatic heterocycles. The van der Waals surface area contributed by atoms with Gasteiger partial charge in [0.05, 0.1) is 10.6 Å². The van der Waals surface area contributed by atoms with Crippen LogP contribution in [-0.2, 0) is 4.79 Å². The van der Waals surface area contributed by atoms with Crippen molar-refractivity contribution in [3.8, 4) is 16.2 Å². The molecular weight excluding hydrogens is 400 g/mol. The van der Waals surface area contributed by atoms with Gasteiger partial charge in [0.1, 0.15) is 5.75 Å². The van der Waals surface area contributed by atoms with Crippen LogP contribution in [0.15, 0.2) is 70.6 Å². The second-order valence-corrected chi connectivity index (χ2v) is 8.29. The van der Waals surface area contributed by atoms with E-state index in [9.17, 15) is 9.90 Å². The first-order valence-electron chi connectivity index (χ1n) is 8.01. The SMILES string of the molecule is O=C1NC(=Nc2ccc(O)cc2)S/C1=C\c1ccc(-c2cccc(Cl)c2)s1. The highest BCUT2D eigenvalue weighted by molar-refractivity contribution is 8.18. The second kappa shape index (κ2) is 7.60. The molecule has 0 unspecified atom stereocenters. The molecule has 1 saturated heterocycles. The number of hydrogen-bond donors (Lipinski definition) is 2. The van der Waals surface area contributed by atoms with E-state index in [4.69, 9.17) is 11.6 Å². The molecule has 0 spiro atoms. The topological polar surface area (TPSA) is 61.7 Å². The van der Waals surface area contributed by atoms with Gasteiger partial charge in [-0.2, -0.15) is 0 Å². The van der Waals surface area contributed by atoms with Gasteiger partial charge in [-0.05, 0) is 71.9 Å². The number of halogens is 1. The normalized spacial score (nSPS) is 16.9. The van der Waals surface area contributed by atoms with Crippen LogP contribution in [0.4, 0.5) is 5.69 Å². The average molecular weight is 413 g/mol. The van der Waals surface area contributed by atoms with Crippen LogP contribution in [0.3, 0.4) is 0 Å². The van der Waals surface area contributed by atoms with Crippen molar-refractivity contribution in [2.24, 2.45) is 4.99 Å². The number of aliphatic imine (C=N–C) groups is 1. The lowest BCUT2D eigenvalue weighted by Crippen LogP contribution is -2.19. The summed E-state index contributed by atoms with van der Waals surface area (Å²) < 4.78 is 0. The molecular formula is C20H13ClN2O2S2. The molecule has 3 aromatic rings. The Balaban J connectivity index is 1.54. The monoisotopic (exact) mass is 412 g/mol. The maximum absolute atomic E-state index is 12.2. The molecule has 0 radical (unpaired) electrons. The molecule has 7 heteroatoms. The number of benzene rings is 2. The predicted octanol–water partition coefficient (Wildman–Crippen LogP) is 5.67. The molecule has 4 rings (SSSR count). The van der Waals surface area contributed by atoms with Gasteiger partial charge in [-0.1, -0.05) is 23.7 Å². The molecule has 2 heterocycles. The lowest BCUT2D eigenvalue weighted by molar-refractivity contribution is -0.115. The van der Waals surface area contributed by atoms with Crippen molar-refractivity contribution in [1.29, 1.82) is 0 Å². The highest BCUT2D eigenvalue weighted by atomic mass is 35.5. The summed E-state index contributed by atoms with van der Waals surface area (Å²) in [6.45, 7) is 0. The minimum Gasteiger partial charge on any atom is -0.508 e. The highest BCUT2D eigenvalue weighted by Crippen LogP contribution is 2.34. The summed E-state index contributed by atoms with van der Waals surface area (Å²) >= 11 is 8.95. The molecule has 0 saturated carbocycles. The largest absolute Gasteiger partial charge is 0.508 e. The van der Waals surface area contributed by atoms with Crippen molar-refractivity contribution in [3.63, 3.8) is 0 Å². The zero-order valence-electron chi connectivity index (χ0n) is 13.8. The quantitative estimate of drug-likeness (QED) is 0.545. The minimum atomic E-state index is -0.171. The number of aromatic hydroxyl groups is 1. The Morgan fingerprint density at radius 1 is 1.07 bits per heavy atom. The molecule has 0 atom stereocenters. The molecule has 27 heavy (non-hydrogen) atoms. The van der Waals surface area contributed by atoms with E-state index in [2.05, 4.69) is 10.3 Å². The summed E-state index contributed by atoms with van der Waals surface area (Å²) in [6, 6.07) is 18.2. The van der Waals surface area contributed by atoms with Crippen molar-refractivity contribution in [2.45, 2.75) is 0 Å². The van der Waals surface area contributed by atoms with E-state index in [1.54, 1.807) is 35.6 Å². The van der Waals surface area contributed by atoms with Gasteiger partial charge in [0.15, 0.2) is 5.17 Å². The zero-order valence-corrected chi connectivity index (χ0v) is 16.2. The number of rotatable bonds is 3. The van der Waals surface area contributed by atoms with Gasteiger partial charge in [-0.3, -0.25) is 4.79 Å². The van der Waals surface area contributed by atoms with Crippen molar-refractivity contribution >= 4 is 57.5 Å². The first kappa shape index (κ1) is 17.9. The molecule has 4 nitrogen and oxygen atoms in total. The van der Waals surface area contributed by atoms with Crippen LogP contribution in [0, 0.1) is 0 Å². The number of thiophene rings is 1. The fourth-order valence-electron chi connectivity index (χ4n) is 2.48. The minimum absolute atomic E-state index is 0.171. The maximum Gasteiger partial charge on any atom is 0.264 e. The number of amides is 1. The van der Waals surface area contributed by atoms with Crippen LogP contribution in [0.5, 0.6) is 5.75 Å². The van der Waals surface area contributed by atoms with Crippen molar-refractivity contribution in [1.82, 2.24) is 5.32 Å². The number of amidine groups is 1. The summed E-state index contributed by atoms with van der Waals surface area (Å²) in [5.41, 5.74) is 1.71. The van der Waals surface area contributed by atoms with Crippen LogP contribution in [-0.4, -0.2) is 16.2 Å². The van der Waals surface area contributed by atoms with E-state index in [1.165, 1.54) is 11.8 Å². The maximum atomic E-state index is 12.2. The van der Waals surface area contributed by atoms with Gasteiger partial charge in [0, 0.05) is 14.8 Å². The Kier molecular flexibility index (Phi) is 5.03. The number of phenolic OH excluding ortho intramolecular Hbond substituents is 1. The fourth-order valence-corrected chi connectivity index (χ4v) is 4.53. The number of nitrogens with zero attached hydrogens (tertiary/aromatic N) is 1. The molecule has 1 amide bonds. The zero-order chi connectivity index (χ0) is 18.8. The van der Waals surface area contributed by atoms with Gasteiger partial charge < -0.3 is 10.4 Å². The smallest absolute Gasteiger partial charge is 0.264 e. The standard InChI is InChI=1S/C20H13ClN2O2S2/c21-13-3-1-2-12(10-13)17-9-8-16(26-17)11-18-19(25)23-20(27-18)22-14-4-6-15(24)7-5-14/h1-11,24H,(H,22,23,25)/b18-11-. The Labute approximate surface area is 169 Å². The van der Waals surface area contributed by atoms with E-state index in [0.717, 1.165) is 15.3 Å². The van der Waals surface area contributed by atoms with Gasteiger partial charge >= 0.3 is 0 Å². The number of hydrogen-bond acceptors (Lipinski definition) is 5. The van der Waals surface area contributed by atoms with Crippen molar-refractivity contribution in [2.75, 3.05) is 0 Å². The first-order valence-corrected chi connectivity index (χ1v) is 10.0. The van der Waals surface area contributed by atoms with E-state index in [-0.39, 0.29) is 11.7 Å². The molecule has 1 fully saturated rings. The third-order valence-corrected chi connectivity index (χ3v) is 5.97. The lowest BCUT2D eigenvalue weighted by atomic mass is 10.2.